The summed E-state index contributed by atoms with van der Waals surface area (Å²) < 4.78 is 8.19. The van der Waals surface area contributed by atoms with Crippen molar-refractivity contribution in [2.75, 3.05) is 23.0 Å². The van der Waals surface area contributed by atoms with E-state index in [0.717, 1.165) is 43.1 Å². The monoisotopic (exact) mass is 820 g/mol. The number of carboxylic acids is 1. The van der Waals surface area contributed by atoms with Gasteiger partial charge in [-0.05, 0) is 91.6 Å². The second-order valence-electron chi connectivity index (χ2n) is 15.5. The minimum Gasteiger partial charge on any atom is -0.507 e. The minimum atomic E-state index is -1.36. The molecule has 0 radical (unpaired) electrons. The van der Waals surface area contributed by atoms with Gasteiger partial charge in [-0.15, -0.1) is 11.3 Å². The van der Waals surface area contributed by atoms with Crippen LogP contribution in [0.15, 0.2) is 78.4 Å². The average Bonchev–Trinajstić information content (AvgIpc) is 3.87. The minimum absolute atomic E-state index is 0.0476. The highest BCUT2D eigenvalue weighted by Gasteiger charge is 2.68. The maximum Gasteiger partial charge on any atom is 0.339 e. The largest absolute Gasteiger partial charge is 0.507 e. The van der Waals surface area contributed by atoms with Crippen molar-refractivity contribution in [3.8, 4) is 22.1 Å². The summed E-state index contributed by atoms with van der Waals surface area (Å²) in [6, 6.07) is 18.1. The number of rotatable bonds is 8. The number of phenols is 1. The first-order valence-corrected chi connectivity index (χ1v) is 20.0. The summed E-state index contributed by atoms with van der Waals surface area (Å²) in [5.41, 5.74) is 1.44. The van der Waals surface area contributed by atoms with Gasteiger partial charge in [-0.3, -0.25) is 23.9 Å². The van der Waals surface area contributed by atoms with Crippen molar-refractivity contribution in [2.24, 2.45) is 36.1 Å². The fourth-order valence-corrected chi connectivity index (χ4v) is 11.2. The molecule has 15 heteroatoms. The zero-order chi connectivity index (χ0) is 40.9. The van der Waals surface area contributed by atoms with Crippen LogP contribution in [0, 0.1) is 36.0 Å². The summed E-state index contributed by atoms with van der Waals surface area (Å²) in [6.45, 7) is 3.71. The third-order valence-electron chi connectivity index (χ3n) is 12.5. The molecule has 58 heavy (non-hydrogen) atoms. The Balaban J connectivity index is 1.13. The molecule has 2 aliphatic heterocycles. The lowest BCUT2D eigenvalue weighted by Crippen LogP contribution is -2.48. The van der Waals surface area contributed by atoms with Crippen LogP contribution in [0.5, 0.6) is 11.5 Å². The maximum absolute atomic E-state index is 15.1. The average molecular weight is 821 g/mol. The Hall–Kier alpha value is -5.83. The van der Waals surface area contributed by atoms with Crippen LogP contribution < -0.4 is 14.5 Å². The van der Waals surface area contributed by atoms with Crippen LogP contribution in [0.2, 0.25) is 5.02 Å². The van der Waals surface area contributed by atoms with Crippen molar-refractivity contribution >= 4 is 74.1 Å². The first-order chi connectivity index (χ1) is 27.7. The first-order valence-electron chi connectivity index (χ1n) is 18.8. The van der Waals surface area contributed by atoms with Gasteiger partial charge in [0.05, 0.1) is 40.3 Å². The van der Waals surface area contributed by atoms with E-state index in [-0.39, 0.29) is 37.3 Å². The molecule has 5 aromatic rings. The third-order valence-corrected chi connectivity index (χ3v) is 14.1. The zero-order valence-corrected chi connectivity index (χ0v) is 33.1. The van der Waals surface area contributed by atoms with Gasteiger partial charge in [0.1, 0.15) is 35.2 Å². The van der Waals surface area contributed by atoms with E-state index in [1.54, 1.807) is 43.5 Å². The van der Waals surface area contributed by atoms with Crippen LogP contribution in [0.3, 0.4) is 0 Å². The quantitative estimate of drug-likeness (QED) is 0.116. The van der Waals surface area contributed by atoms with Crippen LogP contribution in [0.1, 0.15) is 47.2 Å². The summed E-state index contributed by atoms with van der Waals surface area (Å²) in [5.74, 6) is -6.80. The number of aliphatic hydroxyl groups is 1. The molecule has 9 rings (SSSR count). The Bertz CT molecular complexity index is 2650. The number of ether oxygens (including phenoxy) is 1. The van der Waals surface area contributed by atoms with E-state index >= 15 is 4.79 Å². The first kappa shape index (κ1) is 37.7. The number of nitrogens with zero attached hydrogens (tertiary/aromatic N) is 4. The topological polar surface area (TPSA) is 180 Å². The second kappa shape index (κ2) is 13.6. The summed E-state index contributed by atoms with van der Waals surface area (Å²) >= 11 is 7.86. The number of aromatic nitrogens is 2. The molecule has 4 aliphatic rings. The molecule has 0 unspecified atom stereocenters. The second-order valence-corrected chi connectivity index (χ2v) is 17.0. The number of aromatic carboxylic acids is 1. The molecular weight excluding hydrogens is 784 g/mol. The number of amides is 4. The Morgan fingerprint density at radius 3 is 2.45 bits per heavy atom. The maximum atomic E-state index is 15.1. The lowest BCUT2D eigenvalue weighted by atomic mass is 9.51. The normalized spacial score (nSPS) is 25.3. The number of thiophene rings is 1. The standard InChI is InChI=1S/C43H37ClN4O9S/c1-20-28-16-22(44)6-13-33(28)58-37(20)31-19-34(46(3)45-31)48-39(52)30-18-29-25(36(43(30,2)42(48)56)21-4-8-24(9-5-21)57-15-14-49)11-12-27-35(29)40(53)47(38(27)51)23-7-10-26(41(54)55)32(50)17-23/h4-11,13,16-17,19,27,29-30,35-36,49-50H,12,14-15,18H2,1-3H3,(H,54,55)/t27-,29+,30-,35-,36-,43+/m0/s1. The lowest BCUT2D eigenvalue weighted by Gasteiger charge is -2.49. The smallest absolute Gasteiger partial charge is 0.339 e. The van der Waals surface area contributed by atoms with Crippen LogP contribution in [0.4, 0.5) is 11.5 Å². The predicted octanol–water partition coefficient (Wildman–Crippen LogP) is 6.47. The number of hydrogen-bond donors (Lipinski definition) is 3. The van der Waals surface area contributed by atoms with Crippen LogP contribution >= 0.6 is 22.9 Å². The van der Waals surface area contributed by atoms with Crippen molar-refractivity contribution in [3.63, 3.8) is 0 Å². The van der Waals surface area contributed by atoms with E-state index in [0.29, 0.717) is 27.8 Å². The van der Waals surface area contributed by atoms with Crippen LogP contribution in [-0.2, 0) is 26.2 Å². The number of carboxylic acid groups (broad SMARTS) is 1. The molecule has 2 aliphatic carbocycles. The van der Waals surface area contributed by atoms with Gasteiger partial charge < -0.3 is 20.1 Å². The number of aryl methyl sites for hydroxylation is 2. The third kappa shape index (κ3) is 5.45. The van der Waals surface area contributed by atoms with Gasteiger partial charge in [-0.2, -0.15) is 5.10 Å². The Morgan fingerprint density at radius 1 is 0.983 bits per heavy atom. The van der Waals surface area contributed by atoms with Crippen molar-refractivity contribution in [1.29, 1.82) is 0 Å². The Labute approximate surface area is 340 Å². The molecule has 4 amide bonds. The van der Waals surface area contributed by atoms with E-state index in [1.165, 1.54) is 15.6 Å². The highest BCUT2D eigenvalue weighted by atomic mass is 35.5. The molecule has 296 valence electrons. The summed E-state index contributed by atoms with van der Waals surface area (Å²) in [5, 5.41) is 35.6. The molecule has 1 saturated carbocycles. The van der Waals surface area contributed by atoms with Gasteiger partial charge in [-0.1, -0.05) is 35.4 Å². The Kier molecular flexibility index (Phi) is 8.87. The molecule has 13 nitrogen and oxygen atoms in total. The van der Waals surface area contributed by atoms with Gasteiger partial charge in [0.15, 0.2) is 0 Å². The van der Waals surface area contributed by atoms with Gasteiger partial charge in [0.25, 0.3) is 0 Å². The SMILES string of the molecule is Cc1c(-c2cc(N3C(=O)[C@@H]4C[C@@H]5C(=CC[C@@H]6C(=O)N(c7ccc(C(=O)O)c(O)c7)C(=O)[C@@H]65)[C@H](c5ccc(OCCO)cc5)[C@]4(C)C3=O)n(C)n2)sc2ccc(Cl)cc12. The molecule has 0 bridgehead atoms. The zero-order valence-electron chi connectivity index (χ0n) is 31.5. The number of halogens is 1. The van der Waals surface area contributed by atoms with E-state index in [1.807, 2.05) is 43.3 Å². The number of hydrogen-bond acceptors (Lipinski definition) is 10. The number of carbonyl (C=O) groups is 5. The number of fused-ring (bicyclic) bond motifs is 5. The molecule has 4 heterocycles. The molecule has 6 atom stereocenters. The van der Waals surface area contributed by atoms with E-state index in [9.17, 15) is 34.5 Å². The number of allylic oxidation sites excluding steroid dienone is 2. The fourth-order valence-electron chi connectivity index (χ4n) is 9.84. The summed E-state index contributed by atoms with van der Waals surface area (Å²) in [6.07, 6.45) is 2.25. The van der Waals surface area contributed by atoms with E-state index < -0.39 is 70.4 Å². The highest BCUT2D eigenvalue weighted by Crippen LogP contribution is 2.64. The number of benzene rings is 3. The van der Waals surface area contributed by atoms with E-state index in [2.05, 4.69) is 0 Å². The fraction of sp³-hybridized carbons (Fsp3) is 0.302. The number of aliphatic hydroxyl groups excluding tert-OH is 1. The Morgan fingerprint density at radius 2 is 1.74 bits per heavy atom. The van der Waals surface area contributed by atoms with Crippen molar-refractivity contribution in [2.45, 2.75) is 32.6 Å². The number of aromatic hydroxyl groups is 1. The predicted molar refractivity (Wildman–Crippen MR) is 215 cm³/mol. The lowest BCUT2D eigenvalue weighted by molar-refractivity contribution is -0.131. The van der Waals surface area contributed by atoms with Crippen LogP contribution in [0.25, 0.3) is 20.7 Å². The van der Waals surface area contributed by atoms with Crippen LogP contribution in [-0.4, -0.2) is 67.9 Å². The molecule has 2 aromatic heterocycles. The molecule has 3 fully saturated rings. The van der Waals surface area contributed by atoms with Crippen molar-refractivity contribution < 1.29 is 44.0 Å². The molecular formula is C43H37ClN4O9S. The molecule has 3 N–H and O–H groups in total. The van der Waals surface area contributed by atoms with Gasteiger partial charge in [0, 0.05) is 34.8 Å². The number of carbonyl (C=O) groups excluding carboxylic acids is 4. The van der Waals surface area contributed by atoms with E-state index in [4.69, 9.17) is 21.4 Å². The van der Waals surface area contributed by atoms with Crippen molar-refractivity contribution in [1.82, 2.24) is 9.78 Å². The van der Waals surface area contributed by atoms with Crippen molar-refractivity contribution in [3.05, 3.63) is 100 Å². The highest BCUT2D eigenvalue weighted by molar-refractivity contribution is 7.22. The molecule has 2 saturated heterocycles. The molecule has 3 aromatic carbocycles. The van der Waals surface area contributed by atoms with Gasteiger partial charge in [-0.25, -0.2) is 14.6 Å². The number of imide groups is 2. The summed E-state index contributed by atoms with van der Waals surface area (Å²) in [7, 11) is 1.69. The molecule has 0 spiro atoms. The number of anilines is 2. The van der Waals surface area contributed by atoms with Gasteiger partial charge in [0.2, 0.25) is 23.6 Å². The van der Waals surface area contributed by atoms with Gasteiger partial charge >= 0.3 is 5.97 Å². The summed E-state index contributed by atoms with van der Waals surface area (Å²) in [4.78, 5) is 73.3.